The number of nitrogens with one attached hydrogen (secondary N) is 1. The number of carbonyl (C=O) groups excluding carboxylic acids is 1. The molecule has 0 radical (unpaired) electrons. The van der Waals surface area contributed by atoms with E-state index in [0.29, 0.717) is 6.42 Å². The van der Waals surface area contributed by atoms with Gasteiger partial charge in [0.05, 0.1) is 0 Å². The van der Waals surface area contributed by atoms with Crippen molar-refractivity contribution in [3.05, 3.63) is 34.6 Å². The monoisotopic (exact) mass is 401 g/mol. The van der Waals surface area contributed by atoms with Crippen molar-refractivity contribution in [2.24, 2.45) is 0 Å². The predicted octanol–water partition coefficient (Wildman–Crippen LogP) is 2.90. The molecule has 1 amide bonds. The zero-order valence-electron chi connectivity index (χ0n) is 14.3. The molecule has 148 valence electrons. The van der Waals surface area contributed by atoms with Crippen LogP contribution in [0.2, 0.25) is 6.04 Å². The zero-order chi connectivity index (χ0) is 19.9. The van der Waals surface area contributed by atoms with Gasteiger partial charge in [-0.2, -0.15) is 0 Å². The predicted molar refractivity (Wildman–Crippen MR) is 83.8 cm³/mol. The Morgan fingerprint density at radius 2 is 1.38 bits per heavy atom. The molecule has 2 N–H and O–H groups in total. The van der Waals surface area contributed by atoms with Crippen LogP contribution in [0.15, 0.2) is 0 Å². The Balaban J connectivity index is 2.61. The van der Waals surface area contributed by atoms with E-state index >= 15 is 0 Å². The van der Waals surface area contributed by atoms with Crippen LogP contribution >= 0.6 is 0 Å². The van der Waals surface area contributed by atoms with Crippen molar-refractivity contribution in [1.82, 2.24) is 5.32 Å². The summed E-state index contributed by atoms with van der Waals surface area (Å²) >= 11 is 0. The fraction of sp³-hybridized carbons (Fsp3) is 0.533. The first-order chi connectivity index (χ1) is 12.2. The molecule has 11 heteroatoms. The van der Waals surface area contributed by atoms with Crippen LogP contribution in [0.5, 0.6) is 0 Å². The molecule has 0 saturated heterocycles. The number of halogens is 5. The summed E-state index contributed by atoms with van der Waals surface area (Å²) in [5, 5.41) is 2.08. The van der Waals surface area contributed by atoms with Gasteiger partial charge in [0, 0.05) is 25.8 Å². The number of hydrogen-bond acceptors (Lipinski definition) is 4. The number of unbranched alkanes of at least 4 members (excludes halogenated alkanes) is 1. The van der Waals surface area contributed by atoms with E-state index in [-0.39, 0.29) is 32.2 Å². The molecule has 5 nitrogen and oxygen atoms in total. The molecule has 0 unspecified atom stereocenters. The second kappa shape index (κ2) is 9.95. The Morgan fingerprint density at radius 3 is 1.85 bits per heavy atom. The highest BCUT2D eigenvalue weighted by atomic mass is 28.4. The van der Waals surface area contributed by atoms with E-state index in [4.69, 9.17) is 8.85 Å². The van der Waals surface area contributed by atoms with Crippen LogP contribution in [-0.4, -0.2) is 39.3 Å². The summed E-state index contributed by atoms with van der Waals surface area (Å²) in [5.74, 6) is -12.5. The summed E-state index contributed by atoms with van der Waals surface area (Å²) in [5.41, 5.74) is -1.53. The Kier molecular flexibility index (Phi) is 8.60. The van der Waals surface area contributed by atoms with Crippen molar-refractivity contribution >= 4 is 14.7 Å². The molecule has 0 fully saturated rings. The maximum absolute atomic E-state index is 13.5. The minimum atomic E-state index is -3.30. The van der Waals surface area contributed by atoms with Crippen LogP contribution in [0.25, 0.3) is 0 Å². The SMILES string of the molecule is CCO[Si](O)(CCCCNC(=O)c1c(F)c(F)c(F)c(F)c1F)OCC. The van der Waals surface area contributed by atoms with Crippen LogP contribution in [0.3, 0.4) is 0 Å². The molecular weight excluding hydrogens is 381 g/mol. The average molecular weight is 401 g/mol. The van der Waals surface area contributed by atoms with E-state index in [1.807, 2.05) is 0 Å². The van der Waals surface area contributed by atoms with Crippen molar-refractivity contribution in [3.63, 3.8) is 0 Å². The van der Waals surface area contributed by atoms with Gasteiger partial charge in [-0.1, -0.05) is 0 Å². The molecule has 1 aromatic carbocycles. The number of carbonyl (C=O) groups is 1. The molecule has 0 aliphatic heterocycles. The standard InChI is InChI=1S/C15H20F5NO4Si/c1-3-24-26(23,25-4-2)8-6-5-7-21-15(22)9-10(16)12(18)14(20)13(19)11(9)17/h23H,3-8H2,1-2H3,(H,21,22). The van der Waals surface area contributed by atoms with Crippen molar-refractivity contribution in [2.75, 3.05) is 19.8 Å². The molecule has 0 heterocycles. The van der Waals surface area contributed by atoms with Gasteiger partial charge in [-0.25, -0.2) is 22.0 Å². The maximum Gasteiger partial charge on any atom is 0.498 e. The molecule has 1 aromatic rings. The van der Waals surface area contributed by atoms with E-state index in [2.05, 4.69) is 5.32 Å². The first kappa shape index (κ1) is 22.5. The van der Waals surface area contributed by atoms with Crippen LogP contribution < -0.4 is 5.32 Å². The lowest BCUT2D eigenvalue weighted by Gasteiger charge is -2.22. The Labute approximate surface area is 148 Å². The summed E-state index contributed by atoms with van der Waals surface area (Å²) in [4.78, 5) is 21.9. The third kappa shape index (κ3) is 5.46. The lowest BCUT2D eigenvalue weighted by Crippen LogP contribution is -2.42. The van der Waals surface area contributed by atoms with Gasteiger partial charge < -0.3 is 19.0 Å². The van der Waals surface area contributed by atoms with Gasteiger partial charge in [0.15, 0.2) is 23.3 Å². The summed E-state index contributed by atoms with van der Waals surface area (Å²) in [6, 6.07) is 0.201. The van der Waals surface area contributed by atoms with Gasteiger partial charge in [0.25, 0.3) is 5.91 Å². The second-order valence-electron chi connectivity index (χ2n) is 5.24. The van der Waals surface area contributed by atoms with Gasteiger partial charge in [0.2, 0.25) is 5.82 Å². The van der Waals surface area contributed by atoms with E-state index < -0.39 is 49.4 Å². The van der Waals surface area contributed by atoms with E-state index in [1.165, 1.54) is 0 Å². The lowest BCUT2D eigenvalue weighted by molar-refractivity contribution is 0.0941. The van der Waals surface area contributed by atoms with Crippen molar-refractivity contribution < 1.29 is 40.4 Å². The van der Waals surface area contributed by atoms with E-state index in [9.17, 15) is 31.5 Å². The molecule has 26 heavy (non-hydrogen) atoms. The zero-order valence-corrected chi connectivity index (χ0v) is 15.3. The van der Waals surface area contributed by atoms with Crippen LogP contribution in [0.4, 0.5) is 22.0 Å². The van der Waals surface area contributed by atoms with Gasteiger partial charge >= 0.3 is 8.80 Å². The first-order valence-corrected chi connectivity index (χ1v) is 9.95. The molecule has 0 atom stereocenters. The molecule has 0 saturated carbocycles. The smallest absolute Gasteiger partial charge is 0.390 e. The van der Waals surface area contributed by atoms with Gasteiger partial charge in [-0.05, 0) is 26.7 Å². The third-order valence-electron chi connectivity index (χ3n) is 3.38. The largest absolute Gasteiger partial charge is 0.498 e. The molecular formula is C15H20F5NO4Si. The highest BCUT2D eigenvalue weighted by Gasteiger charge is 2.35. The van der Waals surface area contributed by atoms with E-state index in [0.717, 1.165) is 0 Å². The number of rotatable bonds is 10. The molecule has 0 aliphatic rings. The summed E-state index contributed by atoms with van der Waals surface area (Å²) in [6.45, 7) is 3.82. The topological polar surface area (TPSA) is 67.8 Å². The molecule has 0 aliphatic carbocycles. The van der Waals surface area contributed by atoms with E-state index in [1.54, 1.807) is 13.8 Å². The number of amides is 1. The number of hydrogen-bond donors (Lipinski definition) is 2. The van der Waals surface area contributed by atoms with Crippen molar-refractivity contribution in [3.8, 4) is 0 Å². The summed E-state index contributed by atoms with van der Waals surface area (Å²) in [6.07, 6.45) is 0.636. The number of benzene rings is 1. The fourth-order valence-electron chi connectivity index (χ4n) is 2.21. The normalized spacial score (nSPS) is 11.7. The van der Waals surface area contributed by atoms with Gasteiger partial charge in [-0.3, -0.25) is 4.79 Å². The minimum absolute atomic E-state index is 0.0962. The van der Waals surface area contributed by atoms with Crippen LogP contribution in [0.1, 0.15) is 37.0 Å². The molecule has 0 bridgehead atoms. The van der Waals surface area contributed by atoms with Gasteiger partial charge in [-0.15, -0.1) is 0 Å². The lowest BCUT2D eigenvalue weighted by atomic mass is 10.1. The van der Waals surface area contributed by atoms with Gasteiger partial charge in [0.1, 0.15) is 5.56 Å². The molecule has 0 aromatic heterocycles. The average Bonchev–Trinajstić information content (AvgIpc) is 2.58. The van der Waals surface area contributed by atoms with Crippen LogP contribution in [-0.2, 0) is 8.85 Å². The highest BCUT2D eigenvalue weighted by Crippen LogP contribution is 2.23. The third-order valence-corrected chi connectivity index (χ3v) is 5.85. The van der Waals surface area contributed by atoms with Crippen molar-refractivity contribution in [1.29, 1.82) is 0 Å². The fourth-order valence-corrected chi connectivity index (χ4v) is 4.18. The maximum atomic E-state index is 13.5. The van der Waals surface area contributed by atoms with Crippen molar-refractivity contribution in [2.45, 2.75) is 32.7 Å². The minimum Gasteiger partial charge on any atom is -0.390 e. The first-order valence-electron chi connectivity index (χ1n) is 7.98. The quantitative estimate of drug-likeness (QED) is 0.208. The van der Waals surface area contributed by atoms with Crippen LogP contribution in [0, 0.1) is 29.1 Å². The summed E-state index contributed by atoms with van der Waals surface area (Å²) in [7, 11) is -3.30. The molecule has 0 spiro atoms. The Morgan fingerprint density at radius 1 is 0.923 bits per heavy atom. The Hall–Kier alpha value is -1.56. The molecule has 1 rings (SSSR count). The second-order valence-corrected chi connectivity index (χ2v) is 7.74. The highest BCUT2D eigenvalue weighted by molar-refractivity contribution is 6.59. The Bertz CT molecular complexity index is 612. The summed E-state index contributed by atoms with van der Waals surface area (Å²) < 4.78 is 76.6.